The molecule has 2 heterocycles. The standard InChI is InChI=1S/C35H36NS/c1-21-25-12-8-9-13-28(25)32(35(2,3)4)34-30(21)33-31-27(16-17-36(33)5)26-15-14-23(18-22-10-6-7-11-22)19-24(26)20-29(31)37-34/h8-9,12-17,19-20,22H,6-7,10-11,18H2,1-5H3/q+1. The summed E-state index contributed by atoms with van der Waals surface area (Å²) in [6.45, 7) is 9.44. The maximum Gasteiger partial charge on any atom is 0.222 e. The van der Waals surface area contributed by atoms with Gasteiger partial charge in [0.1, 0.15) is 7.05 Å². The molecule has 4 aromatic carbocycles. The highest BCUT2D eigenvalue weighted by Crippen LogP contribution is 2.54. The van der Waals surface area contributed by atoms with E-state index in [0.29, 0.717) is 0 Å². The van der Waals surface area contributed by atoms with Gasteiger partial charge < -0.3 is 0 Å². The summed E-state index contributed by atoms with van der Waals surface area (Å²) < 4.78 is 2.36. The zero-order valence-corrected chi connectivity index (χ0v) is 23.6. The van der Waals surface area contributed by atoms with Crippen molar-refractivity contribution in [3.63, 3.8) is 0 Å². The Balaban J connectivity index is 1.54. The fourth-order valence-electron chi connectivity index (χ4n) is 7.19. The average Bonchev–Trinajstić information content (AvgIpc) is 3.37. The monoisotopic (exact) mass is 502 g/mol. The Labute approximate surface area is 224 Å². The Kier molecular flexibility index (Phi) is 5.24. The molecule has 1 aliphatic carbocycles. The lowest BCUT2D eigenvalue weighted by molar-refractivity contribution is -0.659. The minimum Gasteiger partial charge on any atom is -0.200 e. The van der Waals surface area contributed by atoms with Crippen molar-refractivity contribution in [3.8, 4) is 11.3 Å². The largest absolute Gasteiger partial charge is 0.222 e. The number of hydrogen-bond donors (Lipinski definition) is 0. The van der Waals surface area contributed by atoms with E-state index in [9.17, 15) is 0 Å². The molecule has 0 radical (unpaired) electrons. The Hall–Kier alpha value is -2.84. The van der Waals surface area contributed by atoms with Crippen LogP contribution >= 0.6 is 11.8 Å². The van der Waals surface area contributed by atoms with Crippen molar-refractivity contribution in [1.29, 1.82) is 0 Å². The molecule has 186 valence electrons. The maximum atomic E-state index is 2.49. The van der Waals surface area contributed by atoms with E-state index in [1.54, 1.807) is 0 Å². The predicted molar refractivity (Wildman–Crippen MR) is 159 cm³/mol. The van der Waals surface area contributed by atoms with Crippen molar-refractivity contribution >= 4 is 44.1 Å². The number of aryl methyl sites for hydroxylation is 2. The van der Waals surface area contributed by atoms with Gasteiger partial charge >= 0.3 is 0 Å². The second-order valence-electron chi connectivity index (χ2n) is 12.5. The van der Waals surface area contributed by atoms with Gasteiger partial charge in [-0.2, -0.15) is 0 Å². The summed E-state index contributed by atoms with van der Waals surface area (Å²) in [5.74, 6) is 0.869. The number of hydrogen-bond acceptors (Lipinski definition) is 1. The Morgan fingerprint density at radius 1 is 0.892 bits per heavy atom. The van der Waals surface area contributed by atoms with Gasteiger partial charge in [-0.15, -0.1) is 0 Å². The first kappa shape index (κ1) is 23.3. The van der Waals surface area contributed by atoms with Crippen LogP contribution in [0.15, 0.2) is 70.6 Å². The molecule has 2 heteroatoms. The molecule has 0 saturated heterocycles. The summed E-state index contributed by atoms with van der Waals surface area (Å²) in [4.78, 5) is 2.85. The third-order valence-corrected chi connectivity index (χ3v) is 10.0. The van der Waals surface area contributed by atoms with Crippen LogP contribution in [-0.2, 0) is 18.9 Å². The van der Waals surface area contributed by atoms with E-state index < -0.39 is 0 Å². The van der Waals surface area contributed by atoms with E-state index in [2.05, 4.69) is 100 Å². The zero-order chi connectivity index (χ0) is 25.5. The quantitative estimate of drug-likeness (QED) is 0.168. The van der Waals surface area contributed by atoms with Crippen LogP contribution in [0.2, 0.25) is 0 Å². The van der Waals surface area contributed by atoms with Gasteiger partial charge in [0, 0.05) is 21.2 Å². The highest BCUT2D eigenvalue weighted by atomic mass is 32.2. The van der Waals surface area contributed by atoms with Gasteiger partial charge in [0.15, 0.2) is 6.20 Å². The van der Waals surface area contributed by atoms with Crippen LogP contribution < -0.4 is 4.57 Å². The first-order valence-electron chi connectivity index (χ1n) is 13.9. The van der Waals surface area contributed by atoms with Crippen LogP contribution in [0.3, 0.4) is 0 Å². The van der Waals surface area contributed by atoms with Gasteiger partial charge in [-0.3, -0.25) is 0 Å². The van der Waals surface area contributed by atoms with E-state index >= 15 is 0 Å². The van der Waals surface area contributed by atoms with Crippen LogP contribution in [-0.4, -0.2) is 0 Å². The lowest BCUT2D eigenvalue weighted by Crippen LogP contribution is -2.32. The summed E-state index contributed by atoms with van der Waals surface area (Å²) in [6, 6.07) is 21.1. The van der Waals surface area contributed by atoms with Crippen molar-refractivity contribution in [1.82, 2.24) is 0 Å². The minimum absolute atomic E-state index is 0.0413. The molecule has 0 bridgehead atoms. The Bertz CT molecular complexity index is 1730. The van der Waals surface area contributed by atoms with Gasteiger partial charge in [-0.1, -0.05) is 101 Å². The first-order chi connectivity index (χ1) is 17.8. The molecule has 7 rings (SSSR count). The van der Waals surface area contributed by atoms with Crippen LogP contribution in [0.4, 0.5) is 0 Å². The molecule has 0 atom stereocenters. The van der Waals surface area contributed by atoms with Crippen LogP contribution in [0, 0.1) is 12.8 Å². The molecule has 0 unspecified atom stereocenters. The van der Waals surface area contributed by atoms with Crippen molar-refractivity contribution < 1.29 is 4.57 Å². The van der Waals surface area contributed by atoms with Gasteiger partial charge in [0.05, 0.1) is 10.9 Å². The van der Waals surface area contributed by atoms with Crippen molar-refractivity contribution in [3.05, 3.63) is 77.5 Å². The van der Waals surface area contributed by atoms with Crippen LogP contribution in [0.5, 0.6) is 0 Å². The summed E-state index contributed by atoms with van der Waals surface area (Å²) in [7, 11) is 2.22. The maximum absolute atomic E-state index is 2.49. The van der Waals surface area contributed by atoms with Gasteiger partial charge in [-0.25, -0.2) is 4.57 Å². The van der Waals surface area contributed by atoms with Crippen molar-refractivity contribution in [2.24, 2.45) is 13.0 Å². The van der Waals surface area contributed by atoms with Gasteiger partial charge in [-0.05, 0) is 69.0 Å². The number of benzene rings is 4. The van der Waals surface area contributed by atoms with E-state index in [1.165, 1.54) is 102 Å². The number of pyridine rings is 1. The molecule has 1 fully saturated rings. The molecule has 37 heavy (non-hydrogen) atoms. The molecule has 0 spiro atoms. The summed E-state index contributed by atoms with van der Waals surface area (Å²) in [5.41, 5.74) is 7.21. The molecule has 1 aromatic heterocycles. The lowest BCUT2D eigenvalue weighted by atomic mass is 9.80. The van der Waals surface area contributed by atoms with Crippen molar-refractivity contribution in [2.45, 2.75) is 75.0 Å². The molecule has 0 N–H and O–H groups in total. The van der Waals surface area contributed by atoms with Crippen molar-refractivity contribution in [2.75, 3.05) is 0 Å². The molecule has 5 aromatic rings. The fourth-order valence-corrected chi connectivity index (χ4v) is 8.78. The van der Waals surface area contributed by atoms with E-state index in [0.717, 1.165) is 5.92 Å². The minimum atomic E-state index is 0.0413. The normalized spacial score (nSPS) is 15.7. The molecule has 0 amide bonds. The molecule has 1 nitrogen and oxygen atoms in total. The molecule has 1 aliphatic heterocycles. The number of nitrogens with zero attached hydrogens (tertiary/aromatic N) is 1. The van der Waals surface area contributed by atoms with E-state index in [1.807, 2.05) is 11.8 Å². The number of fused-ring (bicyclic) bond motifs is 5. The van der Waals surface area contributed by atoms with Gasteiger partial charge in [0.2, 0.25) is 5.69 Å². The molecular formula is C35H36NS+. The molecular weight excluding hydrogens is 466 g/mol. The molecule has 1 saturated carbocycles. The van der Waals surface area contributed by atoms with Gasteiger partial charge in [0.25, 0.3) is 0 Å². The lowest BCUT2D eigenvalue weighted by Gasteiger charge is -2.30. The van der Waals surface area contributed by atoms with Crippen LogP contribution in [0.25, 0.3) is 43.6 Å². The topological polar surface area (TPSA) is 3.88 Å². The second-order valence-corrected chi connectivity index (χ2v) is 13.5. The smallest absolute Gasteiger partial charge is 0.200 e. The summed E-state index contributed by atoms with van der Waals surface area (Å²) in [5, 5.41) is 8.35. The third-order valence-electron chi connectivity index (χ3n) is 8.89. The second kappa shape index (κ2) is 8.33. The predicted octanol–water partition coefficient (Wildman–Crippen LogP) is 9.44. The highest BCUT2D eigenvalue weighted by molar-refractivity contribution is 8.00. The zero-order valence-electron chi connectivity index (χ0n) is 22.7. The average molecular weight is 503 g/mol. The Morgan fingerprint density at radius 2 is 1.65 bits per heavy atom. The number of rotatable bonds is 2. The van der Waals surface area contributed by atoms with E-state index in [4.69, 9.17) is 0 Å². The Morgan fingerprint density at radius 3 is 2.41 bits per heavy atom. The van der Waals surface area contributed by atoms with Crippen LogP contribution in [0.1, 0.15) is 63.1 Å². The third kappa shape index (κ3) is 3.56. The number of aromatic nitrogens is 1. The van der Waals surface area contributed by atoms with E-state index in [-0.39, 0.29) is 5.41 Å². The fraction of sp³-hybridized carbons (Fsp3) is 0.343. The first-order valence-corrected chi connectivity index (χ1v) is 14.7. The SMILES string of the molecule is Cc1c2c(c(C(C)(C)C)c3ccccc13)Sc1cc3cc(CC4CCCC4)ccc3c3cc[n+](C)c-2c13. The summed E-state index contributed by atoms with van der Waals surface area (Å²) >= 11 is 2.01. The summed E-state index contributed by atoms with van der Waals surface area (Å²) in [6.07, 6.45) is 9.12. The highest BCUT2D eigenvalue weighted by Gasteiger charge is 2.35. The molecule has 2 aliphatic rings.